The molecule has 0 saturated carbocycles. The van der Waals surface area contributed by atoms with Gasteiger partial charge >= 0.3 is 6.03 Å². The Hall–Kier alpha value is -2.14. The number of amides is 3. The van der Waals surface area contributed by atoms with Gasteiger partial charge in [-0.2, -0.15) is 5.10 Å². The van der Waals surface area contributed by atoms with Gasteiger partial charge in [0, 0.05) is 0 Å². The van der Waals surface area contributed by atoms with Crippen molar-refractivity contribution in [1.29, 1.82) is 0 Å². The number of rotatable bonds is 4. The van der Waals surface area contributed by atoms with Gasteiger partial charge in [0.15, 0.2) is 0 Å². The molecule has 1 saturated heterocycles. The summed E-state index contributed by atoms with van der Waals surface area (Å²) >= 11 is 6.04. The molecule has 3 amide bonds. The van der Waals surface area contributed by atoms with E-state index in [1.54, 1.807) is 13.0 Å². The van der Waals surface area contributed by atoms with Gasteiger partial charge in [0.2, 0.25) is 0 Å². The molecule has 0 unspecified atom stereocenters. The number of carbonyl (C=O) groups excluding carboxylic acids is 2. The van der Waals surface area contributed by atoms with Crippen LogP contribution in [0.2, 0.25) is 0 Å². The number of hydrazone groups is 1. The number of urea groups is 1. The summed E-state index contributed by atoms with van der Waals surface area (Å²) in [5.74, 6) is -0.379. The molecular weight excluding hydrogens is 290 g/mol. The quantitative estimate of drug-likeness (QED) is 0.686. The molecular formula is C15H16ClN3O2. The first-order valence-electron chi connectivity index (χ1n) is 6.59. The zero-order chi connectivity index (χ0) is 15.5. The van der Waals surface area contributed by atoms with Gasteiger partial charge in [-0.25, -0.2) is 4.79 Å². The summed E-state index contributed by atoms with van der Waals surface area (Å²) in [7, 11) is 0. The predicted molar refractivity (Wildman–Crippen MR) is 82.8 cm³/mol. The molecule has 1 N–H and O–H groups in total. The summed E-state index contributed by atoms with van der Waals surface area (Å²) in [6, 6.07) is 8.91. The first-order chi connectivity index (χ1) is 9.96. The smallest absolute Gasteiger partial charge is 0.322 e. The topological polar surface area (TPSA) is 61.8 Å². The highest BCUT2D eigenvalue weighted by molar-refractivity contribution is 6.41. The number of imide groups is 1. The minimum atomic E-state index is -0.899. The van der Waals surface area contributed by atoms with Gasteiger partial charge < -0.3 is 5.32 Å². The van der Waals surface area contributed by atoms with Gasteiger partial charge in [-0.1, -0.05) is 48.9 Å². The Morgan fingerprint density at radius 2 is 2.05 bits per heavy atom. The SMILES string of the molecule is CC[C@@]1(C)NC(=O)N(/N=C\C(Cl)=Cc2ccccc2)C1=O. The van der Waals surface area contributed by atoms with Gasteiger partial charge in [0.05, 0.1) is 11.2 Å². The van der Waals surface area contributed by atoms with Gasteiger partial charge in [-0.05, 0) is 25.0 Å². The third-order valence-corrected chi connectivity index (χ3v) is 3.55. The lowest BCUT2D eigenvalue weighted by atomic mass is 10.00. The van der Waals surface area contributed by atoms with Crippen molar-refractivity contribution in [2.24, 2.45) is 5.10 Å². The Balaban J connectivity index is 2.13. The zero-order valence-electron chi connectivity index (χ0n) is 11.8. The zero-order valence-corrected chi connectivity index (χ0v) is 12.6. The first-order valence-corrected chi connectivity index (χ1v) is 6.97. The van der Waals surface area contributed by atoms with Crippen molar-refractivity contribution in [2.75, 3.05) is 0 Å². The maximum Gasteiger partial charge on any atom is 0.346 e. The molecule has 1 aromatic rings. The summed E-state index contributed by atoms with van der Waals surface area (Å²) in [6.45, 7) is 3.50. The average Bonchev–Trinajstić information content (AvgIpc) is 2.69. The third-order valence-electron chi connectivity index (χ3n) is 3.35. The van der Waals surface area contributed by atoms with E-state index < -0.39 is 11.6 Å². The fourth-order valence-corrected chi connectivity index (χ4v) is 2.04. The molecule has 0 aliphatic carbocycles. The number of carbonyl (C=O) groups is 2. The van der Waals surface area contributed by atoms with Crippen molar-refractivity contribution in [3.63, 3.8) is 0 Å². The van der Waals surface area contributed by atoms with Gasteiger partial charge in [0.25, 0.3) is 5.91 Å². The Kier molecular flexibility index (Phi) is 4.43. The summed E-state index contributed by atoms with van der Waals surface area (Å²) in [4.78, 5) is 23.9. The number of halogens is 1. The normalized spacial score (nSPS) is 23.0. The van der Waals surface area contributed by atoms with E-state index in [0.29, 0.717) is 11.5 Å². The Morgan fingerprint density at radius 3 is 2.62 bits per heavy atom. The molecule has 1 fully saturated rings. The molecule has 2 rings (SSSR count). The van der Waals surface area contributed by atoms with Crippen molar-refractivity contribution in [3.8, 4) is 0 Å². The molecule has 1 aliphatic heterocycles. The molecule has 0 bridgehead atoms. The highest BCUT2D eigenvalue weighted by Gasteiger charge is 2.46. The standard InChI is InChI=1S/C15H16ClN3O2/c1-3-15(2)13(20)19(14(21)18-15)17-10-12(16)9-11-7-5-4-6-8-11/h4-10H,3H2,1-2H3,(H,18,21)/b12-9?,17-10-/t15-/m1/s1. The fraction of sp³-hybridized carbons (Fsp3) is 0.267. The molecule has 1 atom stereocenters. The van der Waals surface area contributed by atoms with E-state index in [0.717, 1.165) is 10.6 Å². The number of hydrogen-bond donors (Lipinski definition) is 1. The van der Waals surface area contributed by atoms with Crippen LogP contribution in [-0.4, -0.2) is 28.7 Å². The van der Waals surface area contributed by atoms with E-state index in [1.165, 1.54) is 6.21 Å². The molecule has 0 aromatic heterocycles. The van der Waals surface area contributed by atoms with Crippen LogP contribution < -0.4 is 5.32 Å². The maximum absolute atomic E-state index is 12.1. The van der Waals surface area contributed by atoms with Crippen molar-refractivity contribution in [1.82, 2.24) is 10.3 Å². The van der Waals surface area contributed by atoms with E-state index in [1.807, 2.05) is 37.3 Å². The molecule has 1 aromatic carbocycles. The van der Waals surface area contributed by atoms with E-state index in [4.69, 9.17) is 11.6 Å². The second-order valence-corrected chi connectivity index (χ2v) is 5.35. The fourth-order valence-electron chi connectivity index (χ4n) is 1.87. The molecule has 110 valence electrons. The molecule has 1 heterocycles. The van der Waals surface area contributed by atoms with E-state index >= 15 is 0 Å². The Morgan fingerprint density at radius 1 is 1.38 bits per heavy atom. The highest BCUT2D eigenvalue weighted by Crippen LogP contribution is 2.21. The van der Waals surface area contributed by atoms with Gasteiger partial charge in [-0.3, -0.25) is 4.79 Å². The molecule has 1 aliphatic rings. The monoisotopic (exact) mass is 305 g/mol. The lowest BCUT2D eigenvalue weighted by molar-refractivity contribution is -0.130. The minimum absolute atomic E-state index is 0.326. The van der Waals surface area contributed by atoms with Crippen LogP contribution in [-0.2, 0) is 4.79 Å². The third kappa shape index (κ3) is 3.31. The molecule has 21 heavy (non-hydrogen) atoms. The van der Waals surface area contributed by atoms with Crippen LogP contribution in [0.1, 0.15) is 25.8 Å². The van der Waals surface area contributed by atoms with Crippen molar-refractivity contribution in [3.05, 3.63) is 40.9 Å². The summed E-state index contributed by atoms with van der Waals surface area (Å²) in [6.07, 6.45) is 3.48. The predicted octanol–water partition coefficient (Wildman–Crippen LogP) is 2.97. The first kappa shape index (κ1) is 15.3. The van der Waals surface area contributed by atoms with Crippen molar-refractivity contribution < 1.29 is 9.59 Å². The summed E-state index contributed by atoms with van der Waals surface area (Å²) in [5.41, 5.74) is 0.00822. The number of nitrogens with one attached hydrogen (secondary N) is 1. The Bertz CT molecular complexity index is 613. The lowest BCUT2D eigenvalue weighted by Gasteiger charge is -2.17. The second-order valence-electron chi connectivity index (χ2n) is 4.92. The average molecular weight is 306 g/mol. The van der Waals surface area contributed by atoms with E-state index in [9.17, 15) is 9.59 Å². The van der Waals surface area contributed by atoms with Crippen LogP contribution in [0, 0.1) is 0 Å². The number of hydrogen-bond acceptors (Lipinski definition) is 3. The van der Waals surface area contributed by atoms with Gasteiger partial charge in [0.1, 0.15) is 5.54 Å². The van der Waals surface area contributed by atoms with E-state index in [2.05, 4.69) is 10.4 Å². The van der Waals surface area contributed by atoms with Crippen LogP contribution >= 0.6 is 11.6 Å². The highest BCUT2D eigenvalue weighted by atomic mass is 35.5. The molecule has 0 radical (unpaired) electrons. The van der Waals surface area contributed by atoms with Crippen LogP contribution in [0.4, 0.5) is 4.79 Å². The molecule has 6 heteroatoms. The Labute approximate surface area is 128 Å². The maximum atomic E-state index is 12.1. The van der Waals surface area contributed by atoms with Crippen LogP contribution in [0.3, 0.4) is 0 Å². The van der Waals surface area contributed by atoms with Crippen LogP contribution in [0.5, 0.6) is 0 Å². The largest absolute Gasteiger partial charge is 0.346 e. The van der Waals surface area contributed by atoms with Crippen LogP contribution in [0.15, 0.2) is 40.5 Å². The van der Waals surface area contributed by atoms with Crippen molar-refractivity contribution >= 4 is 35.8 Å². The van der Waals surface area contributed by atoms with Crippen molar-refractivity contribution in [2.45, 2.75) is 25.8 Å². The van der Waals surface area contributed by atoms with E-state index in [-0.39, 0.29) is 5.91 Å². The minimum Gasteiger partial charge on any atom is -0.322 e. The molecule has 5 nitrogen and oxygen atoms in total. The number of benzene rings is 1. The number of nitrogens with zero attached hydrogens (tertiary/aromatic N) is 2. The van der Waals surface area contributed by atoms with Crippen LogP contribution in [0.25, 0.3) is 6.08 Å². The summed E-state index contributed by atoms with van der Waals surface area (Å²) < 4.78 is 0. The second kappa shape index (κ2) is 6.10. The number of allylic oxidation sites excluding steroid dienone is 1. The summed E-state index contributed by atoms with van der Waals surface area (Å²) in [5, 5.41) is 7.62. The lowest BCUT2D eigenvalue weighted by Crippen LogP contribution is -2.42. The molecule has 0 spiro atoms. The van der Waals surface area contributed by atoms with Gasteiger partial charge in [-0.15, -0.1) is 5.01 Å².